The van der Waals surface area contributed by atoms with Gasteiger partial charge in [0, 0.05) is 10.4 Å². The number of aromatic nitrogens is 1. The van der Waals surface area contributed by atoms with Gasteiger partial charge >= 0.3 is 5.97 Å². The normalized spacial score (nSPS) is 14.7. The summed E-state index contributed by atoms with van der Waals surface area (Å²) in [6.07, 6.45) is 1.86. The molecule has 0 radical (unpaired) electrons. The van der Waals surface area contributed by atoms with Gasteiger partial charge in [-0.1, -0.05) is 102 Å². The highest BCUT2D eigenvalue weighted by atomic mass is 32.1. The zero-order valence-electron chi connectivity index (χ0n) is 24.4. The van der Waals surface area contributed by atoms with Crippen molar-refractivity contribution in [3.63, 3.8) is 0 Å². The molecule has 0 saturated heterocycles. The van der Waals surface area contributed by atoms with Crippen molar-refractivity contribution in [3.8, 4) is 5.75 Å². The van der Waals surface area contributed by atoms with E-state index < -0.39 is 12.0 Å². The van der Waals surface area contributed by atoms with Crippen molar-refractivity contribution in [2.24, 2.45) is 4.99 Å². The highest BCUT2D eigenvalue weighted by molar-refractivity contribution is 7.10. The summed E-state index contributed by atoms with van der Waals surface area (Å²) in [6, 6.07) is 35.0. The fourth-order valence-electron chi connectivity index (χ4n) is 5.55. The molecule has 0 N–H and O–H groups in total. The number of esters is 1. The van der Waals surface area contributed by atoms with Gasteiger partial charge in [0.25, 0.3) is 5.56 Å². The Labute approximate surface area is 267 Å². The lowest BCUT2D eigenvalue weighted by Crippen LogP contribution is -2.39. The van der Waals surface area contributed by atoms with Crippen LogP contribution < -0.4 is 19.6 Å². The molecule has 0 bridgehead atoms. The zero-order valence-corrected chi connectivity index (χ0v) is 26.0. The molecule has 0 unspecified atom stereocenters. The van der Waals surface area contributed by atoms with E-state index in [1.165, 1.54) is 33.4 Å². The summed E-state index contributed by atoms with van der Waals surface area (Å²) in [5.74, 6) is 0.262. The molecule has 1 aliphatic rings. The van der Waals surface area contributed by atoms with Gasteiger partial charge in [-0.2, -0.15) is 0 Å². The fourth-order valence-corrected chi connectivity index (χ4v) is 7.37. The van der Waals surface area contributed by atoms with Crippen LogP contribution in [0.25, 0.3) is 22.5 Å². The summed E-state index contributed by atoms with van der Waals surface area (Å²) < 4.78 is 13.8. The fraction of sp³-hybridized carbons (Fsp3) is 0.108. The minimum absolute atomic E-state index is 0.206. The van der Waals surface area contributed by atoms with Crippen molar-refractivity contribution < 1.29 is 14.3 Å². The summed E-state index contributed by atoms with van der Waals surface area (Å²) in [6.45, 7) is 2.44. The average Bonchev–Trinajstić information content (AvgIpc) is 3.72. The molecule has 7 rings (SSSR count). The van der Waals surface area contributed by atoms with Gasteiger partial charge in [0.15, 0.2) is 4.80 Å². The van der Waals surface area contributed by atoms with Crippen LogP contribution >= 0.6 is 22.7 Å². The Morgan fingerprint density at radius 3 is 2.47 bits per heavy atom. The molecule has 1 aliphatic heterocycles. The summed E-state index contributed by atoms with van der Waals surface area (Å²) in [5.41, 5.74) is 3.44. The standard InChI is InChI=1S/C37H28N2O4S2/c1-2-42-36(41)32-33(26-11-4-3-5-12-26)38-37-39(34(32)30-16-9-21-44-30)35(40)31(45-37)22-24-17-19-28(20-18-24)43-23-27-14-8-13-25-10-6-7-15-29(25)27/h3-22,34H,2,23H2,1H3/b31-22-/t34-/m1/s1. The first-order chi connectivity index (χ1) is 22.1. The number of nitrogens with zero attached hydrogens (tertiary/aromatic N) is 2. The van der Waals surface area contributed by atoms with Crippen LogP contribution in [0.15, 0.2) is 130 Å². The Morgan fingerprint density at radius 1 is 0.911 bits per heavy atom. The molecule has 1 atom stereocenters. The average molecular weight is 629 g/mol. The van der Waals surface area contributed by atoms with Crippen LogP contribution in [0.4, 0.5) is 0 Å². The van der Waals surface area contributed by atoms with E-state index in [9.17, 15) is 9.59 Å². The van der Waals surface area contributed by atoms with Crippen molar-refractivity contribution in [2.45, 2.75) is 19.6 Å². The summed E-state index contributed by atoms with van der Waals surface area (Å²) in [7, 11) is 0. The number of carbonyl (C=O) groups is 1. The predicted molar refractivity (Wildman–Crippen MR) is 180 cm³/mol. The molecule has 6 aromatic rings. The number of fused-ring (bicyclic) bond motifs is 2. The van der Waals surface area contributed by atoms with Crippen LogP contribution in [-0.4, -0.2) is 17.1 Å². The number of rotatable bonds is 8. The third kappa shape index (κ3) is 5.66. The minimum atomic E-state index is -0.650. The third-order valence-electron chi connectivity index (χ3n) is 7.64. The summed E-state index contributed by atoms with van der Waals surface area (Å²) >= 11 is 2.81. The van der Waals surface area contributed by atoms with Gasteiger partial charge < -0.3 is 9.47 Å². The Morgan fingerprint density at radius 2 is 1.69 bits per heavy atom. The van der Waals surface area contributed by atoms with Gasteiger partial charge in [-0.25, -0.2) is 9.79 Å². The third-order valence-corrected chi connectivity index (χ3v) is 9.55. The topological polar surface area (TPSA) is 69.9 Å². The lowest BCUT2D eigenvalue weighted by molar-refractivity contribution is -0.138. The minimum Gasteiger partial charge on any atom is -0.489 e. The molecule has 2 aromatic heterocycles. The van der Waals surface area contributed by atoms with Gasteiger partial charge in [-0.3, -0.25) is 9.36 Å². The first kappa shape index (κ1) is 28.7. The highest BCUT2D eigenvalue weighted by Crippen LogP contribution is 2.36. The van der Waals surface area contributed by atoms with Gasteiger partial charge in [0.2, 0.25) is 0 Å². The first-order valence-electron chi connectivity index (χ1n) is 14.6. The number of thiophene rings is 1. The van der Waals surface area contributed by atoms with Gasteiger partial charge in [-0.05, 0) is 58.5 Å². The highest BCUT2D eigenvalue weighted by Gasteiger charge is 2.35. The Hall–Kier alpha value is -5.05. The largest absolute Gasteiger partial charge is 0.489 e. The monoisotopic (exact) mass is 628 g/mol. The molecule has 0 aliphatic carbocycles. The molecule has 0 fully saturated rings. The van der Waals surface area contributed by atoms with Gasteiger partial charge in [-0.15, -0.1) is 11.3 Å². The second-order valence-corrected chi connectivity index (χ2v) is 12.4. The summed E-state index contributed by atoms with van der Waals surface area (Å²) in [5, 5.41) is 4.30. The van der Waals surface area contributed by atoms with Crippen LogP contribution in [0.3, 0.4) is 0 Å². The smallest absolute Gasteiger partial charge is 0.338 e. The number of ether oxygens (including phenoxy) is 2. The Balaban J connectivity index is 1.25. The molecule has 45 heavy (non-hydrogen) atoms. The molecule has 4 aromatic carbocycles. The number of hydrogen-bond acceptors (Lipinski definition) is 7. The van der Waals surface area contributed by atoms with E-state index in [0.717, 1.165) is 27.3 Å². The van der Waals surface area contributed by atoms with Gasteiger partial charge in [0.1, 0.15) is 18.4 Å². The SMILES string of the molecule is CCOC(=O)C1=C(c2ccccc2)N=c2s/c(=C\c3ccc(OCc4cccc5ccccc45)cc3)c(=O)n2[C@@H]1c1cccs1. The molecule has 6 nitrogen and oxygen atoms in total. The molecule has 3 heterocycles. The van der Waals surface area contributed by atoms with Crippen molar-refractivity contribution in [1.82, 2.24) is 4.57 Å². The van der Waals surface area contributed by atoms with Crippen LogP contribution in [0.2, 0.25) is 0 Å². The predicted octanol–water partition coefficient (Wildman–Crippen LogP) is 6.73. The lowest BCUT2D eigenvalue weighted by atomic mass is 9.97. The maximum atomic E-state index is 14.0. The van der Waals surface area contributed by atoms with Crippen LogP contribution in [-0.2, 0) is 16.1 Å². The van der Waals surface area contributed by atoms with E-state index in [0.29, 0.717) is 27.2 Å². The second kappa shape index (κ2) is 12.5. The van der Waals surface area contributed by atoms with Crippen LogP contribution in [0.5, 0.6) is 5.75 Å². The number of thiazole rings is 1. The molecule has 222 valence electrons. The molecule has 8 heteroatoms. The molecule has 0 saturated carbocycles. The molecular formula is C37H28N2O4S2. The second-order valence-electron chi connectivity index (χ2n) is 10.4. The zero-order chi connectivity index (χ0) is 30.8. The first-order valence-corrected chi connectivity index (χ1v) is 16.3. The maximum Gasteiger partial charge on any atom is 0.338 e. The van der Waals surface area contributed by atoms with Crippen LogP contribution in [0, 0.1) is 0 Å². The number of benzene rings is 4. The van der Waals surface area contributed by atoms with E-state index >= 15 is 0 Å². The molecule has 0 amide bonds. The van der Waals surface area contributed by atoms with Gasteiger partial charge in [0.05, 0.1) is 22.4 Å². The van der Waals surface area contributed by atoms with Crippen LogP contribution in [0.1, 0.15) is 34.5 Å². The molecule has 0 spiro atoms. The Bertz CT molecular complexity index is 2210. The van der Waals surface area contributed by atoms with E-state index in [2.05, 4.69) is 24.3 Å². The van der Waals surface area contributed by atoms with E-state index in [4.69, 9.17) is 14.5 Å². The Kier molecular flexibility index (Phi) is 7.98. The quantitative estimate of drug-likeness (QED) is 0.175. The molecular weight excluding hydrogens is 601 g/mol. The van der Waals surface area contributed by atoms with Crippen molar-refractivity contribution >= 4 is 51.2 Å². The number of hydrogen-bond donors (Lipinski definition) is 0. The van der Waals surface area contributed by atoms with E-state index in [1.807, 2.05) is 96.4 Å². The van der Waals surface area contributed by atoms with E-state index in [-0.39, 0.29) is 12.2 Å². The van der Waals surface area contributed by atoms with Crippen molar-refractivity contribution in [2.75, 3.05) is 6.61 Å². The van der Waals surface area contributed by atoms with E-state index in [1.54, 1.807) is 11.5 Å². The summed E-state index contributed by atoms with van der Waals surface area (Å²) in [4.78, 5) is 33.8. The van der Waals surface area contributed by atoms with Crippen molar-refractivity contribution in [1.29, 1.82) is 0 Å². The lowest BCUT2D eigenvalue weighted by Gasteiger charge is -2.24. The number of carbonyl (C=O) groups excluding carboxylic acids is 1. The van der Waals surface area contributed by atoms with Crippen molar-refractivity contribution in [3.05, 3.63) is 161 Å². The maximum absolute atomic E-state index is 14.0.